The molecule has 0 atom stereocenters. The van der Waals surface area contributed by atoms with Crippen LogP contribution in [-0.2, 0) is 0 Å². The second-order valence-corrected chi connectivity index (χ2v) is 6.85. The van der Waals surface area contributed by atoms with E-state index in [1.165, 1.54) is 5.56 Å². The lowest BCUT2D eigenvalue weighted by Crippen LogP contribution is -2.31. The number of hydrogen-bond donors (Lipinski definition) is 0. The summed E-state index contributed by atoms with van der Waals surface area (Å²) in [6.07, 6.45) is 2.18. The van der Waals surface area contributed by atoms with E-state index in [0.29, 0.717) is 5.92 Å². The van der Waals surface area contributed by atoms with E-state index < -0.39 is 0 Å². The predicted octanol–water partition coefficient (Wildman–Crippen LogP) is 4.83. The zero-order valence-corrected chi connectivity index (χ0v) is 15.7. The first-order valence-corrected chi connectivity index (χ1v) is 9.17. The normalized spacial score (nSPS) is 15.3. The van der Waals surface area contributed by atoms with Crippen LogP contribution in [0, 0.1) is 11.3 Å². The number of benzene rings is 2. The first-order valence-electron chi connectivity index (χ1n) is 9.17. The van der Waals surface area contributed by atoms with Gasteiger partial charge in [0.25, 0.3) is 0 Å². The fourth-order valence-corrected chi connectivity index (χ4v) is 3.58. The molecule has 0 spiro atoms. The van der Waals surface area contributed by atoms with E-state index in [-0.39, 0.29) is 0 Å². The molecular formula is C23H24N4. The van der Waals surface area contributed by atoms with Crippen molar-refractivity contribution in [3.63, 3.8) is 0 Å². The summed E-state index contributed by atoms with van der Waals surface area (Å²) in [4.78, 5) is 2.36. The van der Waals surface area contributed by atoms with Crippen LogP contribution in [0.1, 0.15) is 47.9 Å². The predicted molar refractivity (Wildman–Crippen MR) is 112 cm³/mol. The summed E-state index contributed by atoms with van der Waals surface area (Å²) < 4.78 is 0. The maximum Gasteiger partial charge on any atom is 0.0991 e. The Labute approximate surface area is 161 Å². The number of hydrogen-bond acceptors (Lipinski definition) is 4. The molecule has 2 aromatic rings. The Morgan fingerprint density at radius 3 is 2.41 bits per heavy atom. The Morgan fingerprint density at radius 2 is 1.78 bits per heavy atom. The molecule has 0 amide bonds. The average molecular weight is 356 g/mol. The maximum atomic E-state index is 8.94. The highest BCUT2D eigenvalue weighted by molar-refractivity contribution is 5.99. The molecule has 0 aliphatic carbocycles. The molecule has 1 saturated heterocycles. The summed E-state index contributed by atoms with van der Waals surface area (Å²) in [5.74, 6) is 0.543. The molecule has 136 valence electrons. The van der Waals surface area contributed by atoms with Gasteiger partial charge in [0.05, 0.1) is 17.3 Å². The van der Waals surface area contributed by atoms with Crippen LogP contribution in [0.25, 0.3) is 5.70 Å². The summed E-state index contributed by atoms with van der Waals surface area (Å²) >= 11 is 0. The largest absolute Gasteiger partial charge is 0.371 e. The topological polar surface area (TPSA) is 51.8 Å². The zero-order valence-electron chi connectivity index (χ0n) is 15.7. The lowest BCUT2D eigenvalue weighted by molar-refractivity contribution is 0.299. The zero-order chi connectivity index (χ0) is 19.2. The van der Waals surface area contributed by atoms with Crippen molar-refractivity contribution in [2.45, 2.75) is 25.7 Å². The maximum absolute atomic E-state index is 8.94. The van der Waals surface area contributed by atoms with E-state index in [4.69, 9.17) is 5.26 Å². The van der Waals surface area contributed by atoms with Crippen molar-refractivity contribution in [2.75, 3.05) is 13.1 Å². The second kappa shape index (κ2) is 8.46. The van der Waals surface area contributed by atoms with Crippen LogP contribution < -0.4 is 0 Å². The molecule has 0 saturated carbocycles. The van der Waals surface area contributed by atoms with Crippen molar-refractivity contribution in [1.29, 1.82) is 5.26 Å². The minimum atomic E-state index is 0.543. The van der Waals surface area contributed by atoms with Crippen LogP contribution in [0.15, 0.2) is 65.3 Å². The van der Waals surface area contributed by atoms with Gasteiger partial charge in [-0.1, -0.05) is 36.9 Å². The van der Waals surface area contributed by atoms with Gasteiger partial charge in [0.1, 0.15) is 0 Å². The van der Waals surface area contributed by atoms with Gasteiger partial charge in [-0.05, 0) is 60.6 Å². The molecule has 0 radical (unpaired) electrons. The van der Waals surface area contributed by atoms with E-state index in [1.54, 1.807) is 0 Å². The van der Waals surface area contributed by atoms with Crippen molar-refractivity contribution in [2.24, 2.45) is 10.2 Å². The van der Waals surface area contributed by atoms with E-state index >= 15 is 0 Å². The Balaban J connectivity index is 1.66. The molecule has 1 fully saturated rings. The van der Waals surface area contributed by atoms with E-state index in [9.17, 15) is 0 Å². The minimum Gasteiger partial charge on any atom is -0.371 e. The molecule has 0 aromatic heterocycles. The summed E-state index contributed by atoms with van der Waals surface area (Å²) in [6.45, 7) is 11.6. The Hall–Kier alpha value is -3.19. The molecule has 1 aliphatic heterocycles. The Kier molecular flexibility index (Phi) is 5.83. The molecule has 0 N–H and O–H groups in total. The van der Waals surface area contributed by atoms with Gasteiger partial charge in [-0.25, -0.2) is 0 Å². The Morgan fingerprint density at radius 1 is 1.11 bits per heavy atom. The summed E-state index contributed by atoms with van der Waals surface area (Å²) in [5, 5.41) is 16.6. The highest BCUT2D eigenvalue weighted by atomic mass is 15.2. The van der Waals surface area contributed by atoms with Gasteiger partial charge in [-0.15, -0.1) is 0 Å². The molecule has 1 heterocycles. The fraction of sp³-hybridized carbons (Fsp3) is 0.261. The van der Waals surface area contributed by atoms with Gasteiger partial charge in [0.15, 0.2) is 0 Å². The van der Waals surface area contributed by atoms with Crippen molar-refractivity contribution >= 4 is 18.1 Å². The standard InChI is InChI=1S/C23H24N4/c1-17(26-25-3)22-5-4-6-23(15-22)18(2)27-13-11-21(12-14-27)20-9-7-19(16-24)8-10-20/h4-10,15,21H,2-3,11-14H2,1H3/b26-17+. The van der Waals surface area contributed by atoms with Gasteiger partial charge in [0, 0.05) is 25.5 Å². The number of nitriles is 1. The van der Waals surface area contributed by atoms with Gasteiger partial charge in [-0.3, -0.25) is 0 Å². The highest BCUT2D eigenvalue weighted by Crippen LogP contribution is 2.31. The van der Waals surface area contributed by atoms with Crippen LogP contribution in [0.4, 0.5) is 0 Å². The molecular weight excluding hydrogens is 332 g/mol. The quantitative estimate of drug-likeness (QED) is 0.569. The third-order valence-corrected chi connectivity index (χ3v) is 5.22. The molecule has 4 nitrogen and oxygen atoms in total. The summed E-state index contributed by atoms with van der Waals surface area (Å²) in [5.41, 5.74) is 6.09. The number of piperidine rings is 1. The van der Waals surface area contributed by atoms with Crippen LogP contribution in [0.3, 0.4) is 0 Å². The first kappa shape index (κ1) is 18.6. The third kappa shape index (κ3) is 4.32. The molecule has 1 aliphatic rings. The smallest absolute Gasteiger partial charge is 0.0991 e. The van der Waals surface area contributed by atoms with Crippen LogP contribution in [0.2, 0.25) is 0 Å². The molecule has 0 unspecified atom stereocenters. The molecule has 4 heteroatoms. The van der Waals surface area contributed by atoms with E-state index in [2.05, 4.69) is 58.7 Å². The van der Waals surface area contributed by atoms with Crippen LogP contribution in [0.5, 0.6) is 0 Å². The van der Waals surface area contributed by atoms with Crippen molar-refractivity contribution in [1.82, 2.24) is 4.90 Å². The monoisotopic (exact) mass is 356 g/mol. The van der Waals surface area contributed by atoms with Crippen molar-refractivity contribution in [3.05, 3.63) is 77.4 Å². The molecule has 27 heavy (non-hydrogen) atoms. The van der Waals surface area contributed by atoms with Crippen LogP contribution in [-0.4, -0.2) is 30.4 Å². The van der Waals surface area contributed by atoms with Crippen molar-refractivity contribution < 1.29 is 0 Å². The lowest BCUT2D eigenvalue weighted by Gasteiger charge is -2.35. The average Bonchev–Trinajstić information content (AvgIpc) is 2.73. The summed E-state index contributed by atoms with van der Waals surface area (Å²) in [7, 11) is 0. The SMILES string of the molecule is C=N/N=C(\C)c1cccc(C(=C)N2CCC(c3ccc(C#N)cc3)CC2)c1. The van der Waals surface area contributed by atoms with Gasteiger partial charge >= 0.3 is 0 Å². The van der Waals surface area contributed by atoms with E-state index in [1.807, 2.05) is 31.2 Å². The van der Waals surface area contributed by atoms with Crippen LogP contribution >= 0.6 is 0 Å². The number of likely N-dealkylation sites (tertiary alicyclic amines) is 1. The molecule has 0 bridgehead atoms. The number of rotatable bonds is 5. The number of nitrogens with zero attached hydrogens (tertiary/aromatic N) is 4. The van der Waals surface area contributed by atoms with Gasteiger partial charge < -0.3 is 4.90 Å². The van der Waals surface area contributed by atoms with E-state index in [0.717, 1.165) is 54.0 Å². The second-order valence-electron chi connectivity index (χ2n) is 6.85. The van der Waals surface area contributed by atoms with Gasteiger partial charge in [0.2, 0.25) is 0 Å². The molecule has 2 aromatic carbocycles. The lowest BCUT2D eigenvalue weighted by atomic mass is 9.88. The van der Waals surface area contributed by atoms with Gasteiger partial charge in [-0.2, -0.15) is 15.5 Å². The summed E-state index contributed by atoms with van der Waals surface area (Å²) in [6, 6.07) is 18.4. The third-order valence-electron chi connectivity index (χ3n) is 5.22. The minimum absolute atomic E-state index is 0.543. The van der Waals surface area contributed by atoms with Crippen molar-refractivity contribution in [3.8, 4) is 6.07 Å². The highest BCUT2D eigenvalue weighted by Gasteiger charge is 2.22. The molecule has 3 rings (SSSR count). The Bertz CT molecular complexity index is 895. The first-order chi connectivity index (χ1) is 13.1. The fourth-order valence-electron chi connectivity index (χ4n) is 3.58.